The molecule has 0 unspecified atom stereocenters. The Morgan fingerprint density at radius 2 is 1.89 bits per heavy atom. The number of benzene rings is 1. The molecule has 0 amide bonds. The molecule has 0 heterocycles. The minimum absolute atomic E-state index is 0.0150. The van der Waals surface area contributed by atoms with Crippen molar-refractivity contribution in [3.05, 3.63) is 29.3 Å². The number of hydrogen-bond donors (Lipinski definition) is 2. The number of hydrogen-bond acceptors (Lipinski definition) is 2. The van der Waals surface area contributed by atoms with E-state index in [0.29, 0.717) is 18.2 Å². The van der Waals surface area contributed by atoms with E-state index in [1.807, 2.05) is 24.3 Å². The monoisotopic (exact) mass is 283 g/mol. The minimum atomic E-state index is -0.0150. The summed E-state index contributed by atoms with van der Waals surface area (Å²) in [6, 6.07) is 7.32. The summed E-state index contributed by atoms with van der Waals surface area (Å²) in [5.41, 5.74) is -0.0150. The summed E-state index contributed by atoms with van der Waals surface area (Å²) in [6.45, 7) is 7.50. The Balaban J connectivity index is 2.28. The van der Waals surface area contributed by atoms with E-state index in [9.17, 15) is 0 Å². The van der Waals surface area contributed by atoms with Crippen LogP contribution in [0.5, 0.6) is 5.75 Å². The number of halogens is 1. The molecule has 5 heteroatoms. The largest absolute Gasteiger partial charge is 0.492 e. The maximum absolute atomic E-state index is 5.80. The Bertz CT molecular complexity index is 410. The van der Waals surface area contributed by atoms with Gasteiger partial charge in [0.2, 0.25) is 0 Å². The highest BCUT2D eigenvalue weighted by atomic mass is 35.5. The Hall–Kier alpha value is -1.42. The molecule has 4 nitrogen and oxygen atoms in total. The summed E-state index contributed by atoms with van der Waals surface area (Å²) >= 11 is 5.80. The van der Waals surface area contributed by atoms with Gasteiger partial charge < -0.3 is 15.4 Å². The lowest BCUT2D eigenvalue weighted by Crippen LogP contribution is -2.48. The van der Waals surface area contributed by atoms with Gasteiger partial charge in [-0.2, -0.15) is 0 Å². The quantitative estimate of drug-likeness (QED) is 0.507. The second kappa shape index (κ2) is 7.24. The molecule has 0 bridgehead atoms. The molecule has 0 aliphatic rings. The van der Waals surface area contributed by atoms with E-state index >= 15 is 0 Å². The average Bonchev–Trinajstić information content (AvgIpc) is 2.34. The first kappa shape index (κ1) is 15.6. The van der Waals surface area contributed by atoms with Crippen molar-refractivity contribution in [2.45, 2.75) is 26.3 Å². The van der Waals surface area contributed by atoms with Crippen molar-refractivity contribution in [1.82, 2.24) is 10.6 Å². The lowest BCUT2D eigenvalue weighted by Gasteiger charge is -2.23. The van der Waals surface area contributed by atoms with Gasteiger partial charge in [-0.3, -0.25) is 4.99 Å². The topological polar surface area (TPSA) is 45.7 Å². The normalized spacial score (nSPS) is 12.2. The lowest BCUT2D eigenvalue weighted by atomic mass is 10.1. The predicted octanol–water partition coefficient (Wildman–Crippen LogP) is 2.68. The molecule has 2 N–H and O–H groups in total. The van der Waals surface area contributed by atoms with Gasteiger partial charge in [-0.25, -0.2) is 0 Å². The van der Waals surface area contributed by atoms with Gasteiger partial charge in [0, 0.05) is 17.6 Å². The number of guanidine groups is 1. The third-order valence-corrected chi connectivity index (χ3v) is 2.45. The van der Waals surface area contributed by atoms with Gasteiger partial charge in [0.25, 0.3) is 0 Å². The molecule has 0 saturated heterocycles. The Morgan fingerprint density at radius 1 is 1.26 bits per heavy atom. The van der Waals surface area contributed by atoms with Crippen molar-refractivity contribution in [3.63, 3.8) is 0 Å². The molecule has 106 valence electrons. The molecular weight excluding hydrogens is 262 g/mol. The fourth-order valence-electron chi connectivity index (χ4n) is 1.40. The van der Waals surface area contributed by atoms with Gasteiger partial charge in [-0.1, -0.05) is 11.6 Å². The van der Waals surface area contributed by atoms with E-state index in [1.54, 1.807) is 7.05 Å². The Labute approximate surface area is 120 Å². The van der Waals surface area contributed by atoms with Crippen LogP contribution in [0, 0.1) is 0 Å². The maximum atomic E-state index is 5.80. The maximum Gasteiger partial charge on any atom is 0.191 e. The van der Waals surface area contributed by atoms with E-state index in [0.717, 1.165) is 11.7 Å². The van der Waals surface area contributed by atoms with Crippen molar-refractivity contribution in [2.75, 3.05) is 20.2 Å². The fourth-order valence-corrected chi connectivity index (χ4v) is 1.53. The number of rotatable bonds is 4. The first-order valence-electron chi connectivity index (χ1n) is 6.28. The molecule has 1 aromatic rings. The Morgan fingerprint density at radius 3 is 2.42 bits per heavy atom. The first-order chi connectivity index (χ1) is 8.90. The molecule has 0 aliphatic heterocycles. The summed E-state index contributed by atoms with van der Waals surface area (Å²) in [7, 11) is 1.75. The van der Waals surface area contributed by atoms with Crippen LogP contribution in [0.1, 0.15) is 20.8 Å². The molecule has 0 aliphatic carbocycles. The summed E-state index contributed by atoms with van der Waals surface area (Å²) in [5.74, 6) is 1.58. The highest BCUT2D eigenvalue weighted by Gasteiger charge is 2.11. The molecule has 0 saturated carbocycles. The number of nitrogens with zero attached hydrogens (tertiary/aromatic N) is 1. The minimum Gasteiger partial charge on any atom is -0.492 e. The number of aliphatic imine (C=N–C) groups is 1. The SMILES string of the molecule is CN=C(NCCOc1ccc(Cl)cc1)NC(C)(C)C. The van der Waals surface area contributed by atoms with Crippen LogP contribution in [0.25, 0.3) is 0 Å². The van der Waals surface area contributed by atoms with Gasteiger partial charge in [-0.05, 0) is 45.0 Å². The first-order valence-corrected chi connectivity index (χ1v) is 6.66. The summed E-state index contributed by atoms with van der Waals surface area (Å²) in [4.78, 5) is 4.15. The van der Waals surface area contributed by atoms with E-state index in [4.69, 9.17) is 16.3 Å². The number of nitrogens with one attached hydrogen (secondary N) is 2. The van der Waals surface area contributed by atoms with Crippen molar-refractivity contribution < 1.29 is 4.74 Å². The standard InChI is InChI=1S/C14H22ClN3O/c1-14(2,3)18-13(16-4)17-9-10-19-12-7-5-11(15)6-8-12/h5-8H,9-10H2,1-4H3,(H2,16,17,18). The average molecular weight is 284 g/mol. The molecular formula is C14H22ClN3O. The van der Waals surface area contributed by atoms with Crippen LogP contribution < -0.4 is 15.4 Å². The van der Waals surface area contributed by atoms with Gasteiger partial charge in [-0.15, -0.1) is 0 Å². The molecule has 0 fully saturated rings. The smallest absolute Gasteiger partial charge is 0.191 e. The van der Waals surface area contributed by atoms with Crippen LogP contribution in [0.4, 0.5) is 0 Å². The molecule has 0 spiro atoms. The molecule has 1 aromatic carbocycles. The van der Waals surface area contributed by atoms with Crippen molar-refractivity contribution in [1.29, 1.82) is 0 Å². The zero-order chi connectivity index (χ0) is 14.3. The van der Waals surface area contributed by atoms with Crippen LogP contribution in [0.3, 0.4) is 0 Å². The fraction of sp³-hybridized carbons (Fsp3) is 0.500. The molecule has 19 heavy (non-hydrogen) atoms. The van der Waals surface area contributed by atoms with Gasteiger partial charge >= 0.3 is 0 Å². The van der Waals surface area contributed by atoms with E-state index in [-0.39, 0.29) is 5.54 Å². The predicted molar refractivity (Wildman–Crippen MR) is 81.2 cm³/mol. The molecule has 0 aromatic heterocycles. The highest BCUT2D eigenvalue weighted by Crippen LogP contribution is 2.15. The van der Waals surface area contributed by atoms with E-state index in [2.05, 4.69) is 36.4 Å². The zero-order valence-electron chi connectivity index (χ0n) is 12.0. The summed E-state index contributed by atoms with van der Waals surface area (Å²) < 4.78 is 5.58. The summed E-state index contributed by atoms with van der Waals surface area (Å²) in [6.07, 6.45) is 0. The van der Waals surface area contributed by atoms with Crippen LogP contribution in [-0.2, 0) is 0 Å². The zero-order valence-corrected chi connectivity index (χ0v) is 12.7. The molecule has 1 rings (SSSR count). The second-order valence-electron chi connectivity index (χ2n) is 5.18. The third kappa shape index (κ3) is 6.91. The van der Waals surface area contributed by atoms with Gasteiger partial charge in [0.1, 0.15) is 12.4 Å². The molecule has 0 atom stereocenters. The van der Waals surface area contributed by atoms with E-state index < -0.39 is 0 Å². The second-order valence-corrected chi connectivity index (χ2v) is 5.61. The number of ether oxygens (including phenoxy) is 1. The van der Waals surface area contributed by atoms with E-state index in [1.165, 1.54) is 0 Å². The third-order valence-electron chi connectivity index (χ3n) is 2.19. The Kier molecular flexibility index (Phi) is 5.96. The lowest BCUT2D eigenvalue weighted by molar-refractivity contribution is 0.321. The summed E-state index contributed by atoms with van der Waals surface area (Å²) in [5, 5.41) is 7.18. The van der Waals surface area contributed by atoms with Crippen molar-refractivity contribution >= 4 is 17.6 Å². The van der Waals surface area contributed by atoms with Crippen LogP contribution >= 0.6 is 11.6 Å². The van der Waals surface area contributed by atoms with Crippen LogP contribution in [0.15, 0.2) is 29.3 Å². The van der Waals surface area contributed by atoms with Gasteiger partial charge in [0.15, 0.2) is 5.96 Å². The van der Waals surface area contributed by atoms with Gasteiger partial charge in [0.05, 0.1) is 6.54 Å². The van der Waals surface area contributed by atoms with Crippen molar-refractivity contribution in [3.8, 4) is 5.75 Å². The molecule has 0 radical (unpaired) electrons. The van der Waals surface area contributed by atoms with Crippen LogP contribution in [0.2, 0.25) is 5.02 Å². The highest BCUT2D eigenvalue weighted by molar-refractivity contribution is 6.30. The van der Waals surface area contributed by atoms with Crippen molar-refractivity contribution in [2.24, 2.45) is 4.99 Å². The van der Waals surface area contributed by atoms with Crippen LogP contribution in [-0.4, -0.2) is 31.7 Å².